The molecule has 0 aliphatic heterocycles. The molecule has 0 bridgehead atoms. The third-order valence-corrected chi connectivity index (χ3v) is 6.38. The molecular formula is C29H24FNO3. The smallest absolute Gasteiger partial charge is 0.331 e. The van der Waals surface area contributed by atoms with Crippen molar-refractivity contribution in [3.8, 4) is 28.1 Å². The zero-order valence-electron chi connectivity index (χ0n) is 19.0. The summed E-state index contributed by atoms with van der Waals surface area (Å²) in [5, 5.41) is 10.5. The number of methoxy groups -OCH3 is 1. The van der Waals surface area contributed by atoms with Crippen LogP contribution < -0.4 is 4.74 Å². The van der Waals surface area contributed by atoms with Crippen molar-refractivity contribution >= 4 is 22.4 Å². The molecule has 4 nitrogen and oxygen atoms in total. The van der Waals surface area contributed by atoms with Crippen molar-refractivity contribution in [2.45, 2.75) is 19.8 Å². The third-order valence-electron chi connectivity index (χ3n) is 6.38. The van der Waals surface area contributed by atoms with Crippen molar-refractivity contribution < 1.29 is 19.0 Å². The molecule has 5 rings (SSSR count). The summed E-state index contributed by atoms with van der Waals surface area (Å²) in [5.41, 5.74) is 6.00. The molecule has 1 aliphatic carbocycles. The number of aliphatic carboxylic acids is 1. The quantitative estimate of drug-likeness (QED) is 0.320. The van der Waals surface area contributed by atoms with Gasteiger partial charge in [-0.1, -0.05) is 42.5 Å². The molecule has 4 aromatic rings. The zero-order chi connectivity index (χ0) is 23.8. The minimum atomic E-state index is -0.878. The van der Waals surface area contributed by atoms with Gasteiger partial charge in [0, 0.05) is 22.1 Å². The summed E-state index contributed by atoms with van der Waals surface area (Å²) in [6, 6.07) is 22.2. The molecule has 1 fully saturated rings. The van der Waals surface area contributed by atoms with Gasteiger partial charge in [0.25, 0.3) is 0 Å². The molecule has 1 aromatic heterocycles. The van der Waals surface area contributed by atoms with Crippen LogP contribution in [0, 0.1) is 11.7 Å². The van der Waals surface area contributed by atoms with Crippen LogP contribution in [-0.4, -0.2) is 23.2 Å². The van der Waals surface area contributed by atoms with E-state index in [1.807, 2.05) is 54.6 Å². The fourth-order valence-electron chi connectivity index (χ4n) is 4.36. The Kier molecular flexibility index (Phi) is 5.62. The van der Waals surface area contributed by atoms with E-state index in [2.05, 4.69) is 0 Å². The molecule has 0 atom stereocenters. The predicted molar refractivity (Wildman–Crippen MR) is 132 cm³/mol. The molecule has 34 heavy (non-hydrogen) atoms. The number of nitrogens with zero attached hydrogens (tertiary/aromatic N) is 1. The first kappa shape index (κ1) is 21.8. The molecule has 5 heteroatoms. The number of allylic oxidation sites excluding steroid dienone is 1. The molecule has 1 aliphatic rings. The molecular weight excluding hydrogens is 429 g/mol. The lowest BCUT2D eigenvalue weighted by molar-refractivity contribution is -0.132. The Morgan fingerprint density at radius 2 is 1.68 bits per heavy atom. The molecule has 0 spiro atoms. The number of hydrogen-bond acceptors (Lipinski definition) is 3. The van der Waals surface area contributed by atoms with Crippen molar-refractivity contribution in [1.29, 1.82) is 0 Å². The third kappa shape index (κ3) is 4.17. The second-order valence-corrected chi connectivity index (χ2v) is 8.65. The number of rotatable bonds is 6. The molecule has 0 radical (unpaired) electrons. The minimum Gasteiger partial charge on any atom is -0.497 e. The number of carboxylic acids is 1. The highest BCUT2D eigenvalue weighted by atomic mass is 19.1. The van der Waals surface area contributed by atoms with Crippen molar-refractivity contribution in [3.63, 3.8) is 0 Å². The van der Waals surface area contributed by atoms with Gasteiger partial charge in [-0.15, -0.1) is 0 Å². The number of benzene rings is 3. The largest absolute Gasteiger partial charge is 0.497 e. The summed E-state index contributed by atoms with van der Waals surface area (Å²) >= 11 is 0. The van der Waals surface area contributed by atoms with Crippen LogP contribution in [0.3, 0.4) is 0 Å². The van der Waals surface area contributed by atoms with Crippen LogP contribution in [-0.2, 0) is 4.79 Å². The molecule has 0 amide bonds. The molecule has 0 saturated heterocycles. The van der Waals surface area contributed by atoms with E-state index in [1.54, 1.807) is 26.2 Å². The van der Waals surface area contributed by atoms with E-state index in [0.717, 1.165) is 51.7 Å². The highest BCUT2D eigenvalue weighted by Gasteiger charge is 2.30. The van der Waals surface area contributed by atoms with E-state index in [9.17, 15) is 14.3 Å². The number of fused-ring (bicyclic) bond motifs is 1. The summed E-state index contributed by atoms with van der Waals surface area (Å²) in [7, 11) is 1.56. The Morgan fingerprint density at radius 3 is 2.35 bits per heavy atom. The van der Waals surface area contributed by atoms with E-state index in [-0.39, 0.29) is 5.82 Å². The lowest BCUT2D eigenvalue weighted by Gasteiger charge is -2.11. The molecule has 3 aromatic carbocycles. The van der Waals surface area contributed by atoms with Gasteiger partial charge in [-0.05, 0) is 72.7 Å². The lowest BCUT2D eigenvalue weighted by Crippen LogP contribution is -2.02. The van der Waals surface area contributed by atoms with Crippen molar-refractivity contribution in [2.75, 3.05) is 7.11 Å². The number of carboxylic acid groups (broad SMARTS) is 1. The average Bonchev–Trinajstić information content (AvgIpc) is 3.69. The van der Waals surface area contributed by atoms with E-state index in [1.165, 1.54) is 6.07 Å². The number of ether oxygens (including phenoxy) is 1. The van der Waals surface area contributed by atoms with Gasteiger partial charge in [0.1, 0.15) is 11.6 Å². The van der Waals surface area contributed by atoms with Crippen molar-refractivity contribution in [3.05, 3.63) is 89.8 Å². The zero-order valence-corrected chi connectivity index (χ0v) is 19.0. The molecule has 0 unspecified atom stereocenters. The van der Waals surface area contributed by atoms with Crippen LogP contribution >= 0.6 is 0 Å². The molecule has 170 valence electrons. The standard InChI is InChI=1S/C29H24FNO3/c1-17(29(32)33)28(21-8-9-21)22-10-7-20-11-14-26(31-27(20)15-22)19-5-3-18(4-6-19)24-16-23(34-2)12-13-25(24)30/h3-7,10-16,21H,8-9H2,1-2H3,(H,32,33)/b28-17-. The SMILES string of the molecule is COc1ccc(F)c(-c2ccc(-c3ccc4ccc(/C(=C(/C)C(=O)O)C5CC5)cc4n3)cc2)c1. The van der Waals surface area contributed by atoms with Gasteiger partial charge < -0.3 is 9.84 Å². The van der Waals surface area contributed by atoms with Crippen molar-refractivity contribution in [2.24, 2.45) is 5.92 Å². The molecule has 1 heterocycles. The Morgan fingerprint density at radius 1 is 0.971 bits per heavy atom. The van der Waals surface area contributed by atoms with Crippen LogP contribution in [0.1, 0.15) is 25.3 Å². The van der Waals surface area contributed by atoms with Gasteiger partial charge in [0.15, 0.2) is 0 Å². The normalized spacial score (nSPS) is 14.1. The van der Waals surface area contributed by atoms with E-state index < -0.39 is 5.97 Å². The number of halogens is 1. The Balaban J connectivity index is 1.51. The van der Waals surface area contributed by atoms with Crippen LogP contribution in [0.4, 0.5) is 4.39 Å². The summed E-state index contributed by atoms with van der Waals surface area (Å²) in [6.45, 7) is 1.68. The van der Waals surface area contributed by atoms with Crippen LogP contribution in [0.5, 0.6) is 5.75 Å². The van der Waals surface area contributed by atoms with Gasteiger partial charge in [0.2, 0.25) is 0 Å². The average molecular weight is 454 g/mol. The summed E-state index contributed by atoms with van der Waals surface area (Å²) in [5.74, 6) is -0.274. The number of aromatic nitrogens is 1. The minimum absolute atomic E-state index is 0.305. The van der Waals surface area contributed by atoms with E-state index in [0.29, 0.717) is 22.8 Å². The Bertz CT molecular complexity index is 1440. The number of pyridine rings is 1. The van der Waals surface area contributed by atoms with Crippen LogP contribution in [0.25, 0.3) is 38.9 Å². The van der Waals surface area contributed by atoms with Gasteiger partial charge in [-0.25, -0.2) is 14.2 Å². The first-order valence-corrected chi connectivity index (χ1v) is 11.2. The topological polar surface area (TPSA) is 59.4 Å². The number of hydrogen-bond donors (Lipinski definition) is 1. The monoisotopic (exact) mass is 453 g/mol. The predicted octanol–water partition coefficient (Wildman–Crippen LogP) is 6.98. The highest BCUT2D eigenvalue weighted by molar-refractivity contribution is 5.98. The van der Waals surface area contributed by atoms with Gasteiger partial charge >= 0.3 is 5.97 Å². The lowest BCUT2D eigenvalue weighted by atomic mass is 9.95. The summed E-state index contributed by atoms with van der Waals surface area (Å²) in [4.78, 5) is 16.5. The van der Waals surface area contributed by atoms with Gasteiger partial charge in [-0.3, -0.25) is 0 Å². The number of carbonyl (C=O) groups is 1. The maximum Gasteiger partial charge on any atom is 0.331 e. The Labute approximate surface area is 197 Å². The highest BCUT2D eigenvalue weighted by Crippen LogP contribution is 2.44. The second kappa shape index (κ2) is 8.75. The molecule has 1 N–H and O–H groups in total. The fourth-order valence-corrected chi connectivity index (χ4v) is 4.36. The second-order valence-electron chi connectivity index (χ2n) is 8.65. The van der Waals surface area contributed by atoms with E-state index in [4.69, 9.17) is 9.72 Å². The fraction of sp³-hybridized carbons (Fsp3) is 0.172. The summed E-state index contributed by atoms with van der Waals surface area (Å²) < 4.78 is 19.6. The first-order chi connectivity index (χ1) is 16.4. The van der Waals surface area contributed by atoms with Crippen molar-refractivity contribution in [1.82, 2.24) is 4.98 Å². The van der Waals surface area contributed by atoms with Crippen LogP contribution in [0.15, 0.2) is 78.4 Å². The molecule has 1 saturated carbocycles. The van der Waals surface area contributed by atoms with Gasteiger partial charge in [0.05, 0.1) is 18.3 Å². The summed E-state index contributed by atoms with van der Waals surface area (Å²) in [6.07, 6.45) is 2.04. The van der Waals surface area contributed by atoms with E-state index >= 15 is 0 Å². The first-order valence-electron chi connectivity index (χ1n) is 11.2. The maximum atomic E-state index is 14.4. The Hall–Kier alpha value is -3.99. The van der Waals surface area contributed by atoms with Crippen LogP contribution in [0.2, 0.25) is 0 Å². The maximum absolute atomic E-state index is 14.4. The van der Waals surface area contributed by atoms with Gasteiger partial charge in [-0.2, -0.15) is 0 Å².